The molecule has 0 saturated carbocycles. The highest BCUT2D eigenvalue weighted by Gasteiger charge is 2.33. The van der Waals surface area contributed by atoms with Gasteiger partial charge in [-0.3, -0.25) is 14.4 Å². The quantitative estimate of drug-likeness (QED) is 0.426. The van der Waals surface area contributed by atoms with Crippen molar-refractivity contribution in [2.75, 3.05) is 16.4 Å². The third-order valence-corrected chi connectivity index (χ3v) is 6.03. The van der Waals surface area contributed by atoms with Gasteiger partial charge in [-0.05, 0) is 43.2 Å². The molecule has 6 nitrogen and oxygen atoms in total. The second-order valence-electron chi connectivity index (χ2n) is 6.83. The summed E-state index contributed by atoms with van der Waals surface area (Å²) < 4.78 is 0. The summed E-state index contributed by atoms with van der Waals surface area (Å²) in [5, 5.41) is 15.4. The number of carbonyl (C=O) groups is 3. The van der Waals surface area contributed by atoms with Gasteiger partial charge < -0.3 is 15.7 Å². The monoisotopic (exact) mass is 444 g/mol. The van der Waals surface area contributed by atoms with Crippen molar-refractivity contribution in [1.29, 1.82) is 0 Å². The first-order chi connectivity index (χ1) is 14.4. The normalized spacial score (nSPS) is 17.9. The van der Waals surface area contributed by atoms with Crippen molar-refractivity contribution in [3.05, 3.63) is 65.7 Å². The highest BCUT2D eigenvalue weighted by molar-refractivity contribution is 8.00. The molecule has 0 aromatic heterocycles. The minimum Gasteiger partial charge on any atom is -0.481 e. The topological polar surface area (TPSA) is 95.5 Å². The minimum absolute atomic E-state index is 0.178. The fourth-order valence-electron chi connectivity index (χ4n) is 3.17. The molecule has 0 spiro atoms. The Kier molecular flexibility index (Phi) is 7.54. The van der Waals surface area contributed by atoms with Crippen molar-refractivity contribution in [1.82, 2.24) is 0 Å². The number of carboxylic acid groups (broad SMARTS) is 1. The van der Waals surface area contributed by atoms with E-state index < -0.39 is 17.8 Å². The van der Waals surface area contributed by atoms with Gasteiger partial charge in [-0.2, -0.15) is 0 Å². The van der Waals surface area contributed by atoms with E-state index in [1.54, 1.807) is 48.5 Å². The van der Waals surface area contributed by atoms with Gasteiger partial charge >= 0.3 is 5.97 Å². The van der Waals surface area contributed by atoms with Gasteiger partial charge in [0.1, 0.15) is 0 Å². The van der Waals surface area contributed by atoms with Crippen LogP contribution in [0, 0.1) is 11.8 Å². The Bertz CT molecular complexity index is 979. The summed E-state index contributed by atoms with van der Waals surface area (Å²) in [6.45, 7) is 0. The van der Waals surface area contributed by atoms with E-state index in [0.717, 1.165) is 4.90 Å². The zero-order chi connectivity index (χ0) is 21.5. The van der Waals surface area contributed by atoms with E-state index >= 15 is 0 Å². The van der Waals surface area contributed by atoms with E-state index in [1.807, 2.05) is 12.1 Å². The zero-order valence-corrected chi connectivity index (χ0v) is 17.6. The molecule has 3 N–H and O–H groups in total. The van der Waals surface area contributed by atoms with E-state index in [0.29, 0.717) is 29.2 Å². The number of nitrogens with one attached hydrogen (secondary N) is 2. The van der Waals surface area contributed by atoms with Crippen LogP contribution in [0.3, 0.4) is 0 Å². The summed E-state index contributed by atoms with van der Waals surface area (Å²) in [5.41, 5.74) is 1.12. The number of thioether (sulfide) groups is 1. The van der Waals surface area contributed by atoms with Crippen LogP contribution in [0.25, 0.3) is 0 Å². The van der Waals surface area contributed by atoms with E-state index in [9.17, 15) is 19.5 Å². The lowest BCUT2D eigenvalue weighted by Gasteiger charge is -2.24. The highest BCUT2D eigenvalue weighted by Crippen LogP contribution is 2.28. The fraction of sp³-hybridized carbons (Fsp3) is 0.227. The van der Waals surface area contributed by atoms with Gasteiger partial charge in [-0.15, -0.1) is 11.8 Å². The molecule has 2 atom stereocenters. The molecule has 3 rings (SSSR count). The fourth-order valence-corrected chi connectivity index (χ4v) is 4.11. The van der Waals surface area contributed by atoms with Crippen LogP contribution in [-0.4, -0.2) is 28.6 Å². The van der Waals surface area contributed by atoms with Gasteiger partial charge in [0.2, 0.25) is 11.8 Å². The Morgan fingerprint density at radius 3 is 2.47 bits per heavy atom. The van der Waals surface area contributed by atoms with Gasteiger partial charge in [0.05, 0.1) is 28.3 Å². The van der Waals surface area contributed by atoms with Crippen molar-refractivity contribution in [3.8, 4) is 0 Å². The molecule has 2 amide bonds. The molecule has 1 aliphatic carbocycles. The third kappa shape index (κ3) is 5.87. The SMILES string of the molecule is O=C(CSc1cccc(NC(=O)C2CC=CCC2C(=O)O)c1)Nc1ccccc1Cl. The standard InChI is InChI=1S/C22H21ClN2O4S/c23-18-10-3-4-11-19(18)25-20(26)13-30-15-7-5-6-14(12-15)24-21(27)16-8-1-2-9-17(16)22(28)29/h1-7,10-12,16-17H,8-9,13H2,(H,24,27)(H,25,26)(H,28,29). The van der Waals surface area contributed by atoms with E-state index in [1.165, 1.54) is 11.8 Å². The average molecular weight is 445 g/mol. The number of carbonyl (C=O) groups excluding carboxylic acids is 2. The lowest BCUT2D eigenvalue weighted by molar-refractivity contribution is -0.146. The zero-order valence-electron chi connectivity index (χ0n) is 16.0. The van der Waals surface area contributed by atoms with Gasteiger partial charge in [-0.1, -0.05) is 42.0 Å². The summed E-state index contributed by atoms with van der Waals surface area (Å²) >= 11 is 7.37. The number of rotatable bonds is 7. The molecule has 0 radical (unpaired) electrons. The first-order valence-corrected chi connectivity index (χ1v) is 10.8. The second kappa shape index (κ2) is 10.3. The molecule has 30 heavy (non-hydrogen) atoms. The van der Waals surface area contributed by atoms with Crippen LogP contribution in [0.2, 0.25) is 5.02 Å². The summed E-state index contributed by atoms with van der Waals surface area (Å²) in [5.74, 6) is -2.62. The number of aliphatic carboxylic acids is 1. The number of hydrogen-bond acceptors (Lipinski definition) is 4. The molecule has 2 aromatic carbocycles. The maximum absolute atomic E-state index is 12.6. The first kappa shape index (κ1) is 21.9. The maximum atomic E-state index is 12.6. The molecule has 0 heterocycles. The molecular formula is C22H21ClN2O4S. The van der Waals surface area contributed by atoms with Crippen molar-refractivity contribution in [2.24, 2.45) is 11.8 Å². The predicted octanol–water partition coefficient (Wildman–Crippen LogP) is 4.68. The molecule has 0 saturated heterocycles. The Labute approximate surface area is 183 Å². The van der Waals surface area contributed by atoms with Crippen molar-refractivity contribution >= 4 is 52.5 Å². The number of hydrogen-bond donors (Lipinski definition) is 3. The minimum atomic E-state index is -0.965. The molecule has 0 aliphatic heterocycles. The van der Waals surface area contributed by atoms with Crippen molar-refractivity contribution in [2.45, 2.75) is 17.7 Å². The van der Waals surface area contributed by atoms with Crippen molar-refractivity contribution in [3.63, 3.8) is 0 Å². The predicted molar refractivity (Wildman–Crippen MR) is 119 cm³/mol. The first-order valence-electron chi connectivity index (χ1n) is 9.40. The van der Waals surface area contributed by atoms with Crippen LogP contribution >= 0.6 is 23.4 Å². The molecule has 0 bridgehead atoms. The summed E-state index contributed by atoms with van der Waals surface area (Å²) in [6, 6.07) is 14.1. The van der Waals surface area contributed by atoms with E-state index in [-0.39, 0.29) is 17.6 Å². The van der Waals surface area contributed by atoms with Crippen LogP contribution in [0.1, 0.15) is 12.8 Å². The number of benzene rings is 2. The van der Waals surface area contributed by atoms with Gasteiger partial charge in [0.25, 0.3) is 0 Å². The van der Waals surface area contributed by atoms with Crippen LogP contribution in [0.4, 0.5) is 11.4 Å². The van der Waals surface area contributed by atoms with Crippen LogP contribution in [0.15, 0.2) is 65.6 Å². The second-order valence-corrected chi connectivity index (χ2v) is 8.28. The van der Waals surface area contributed by atoms with Crippen LogP contribution in [-0.2, 0) is 14.4 Å². The van der Waals surface area contributed by atoms with E-state index in [2.05, 4.69) is 10.6 Å². The number of amides is 2. The number of anilines is 2. The summed E-state index contributed by atoms with van der Waals surface area (Å²) in [6.07, 6.45) is 4.39. The lowest BCUT2D eigenvalue weighted by atomic mass is 9.82. The molecule has 2 unspecified atom stereocenters. The summed E-state index contributed by atoms with van der Waals surface area (Å²) in [7, 11) is 0. The molecule has 2 aromatic rings. The third-order valence-electron chi connectivity index (χ3n) is 4.71. The Hall–Kier alpha value is -2.77. The molecular weight excluding hydrogens is 424 g/mol. The molecule has 156 valence electrons. The number of halogens is 1. The Morgan fingerprint density at radius 1 is 1.00 bits per heavy atom. The average Bonchev–Trinajstić information content (AvgIpc) is 2.74. The smallest absolute Gasteiger partial charge is 0.307 e. The highest BCUT2D eigenvalue weighted by atomic mass is 35.5. The number of para-hydroxylation sites is 1. The van der Waals surface area contributed by atoms with Crippen molar-refractivity contribution < 1.29 is 19.5 Å². The molecule has 1 aliphatic rings. The Balaban J connectivity index is 1.57. The molecule has 8 heteroatoms. The van der Waals surface area contributed by atoms with Gasteiger partial charge in [0.15, 0.2) is 0 Å². The number of allylic oxidation sites excluding steroid dienone is 2. The number of carboxylic acids is 1. The lowest BCUT2D eigenvalue weighted by Crippen LogP contribution is -2.34. The van der Waals surface area contributed by atoms with Gasteiger partial charge in [-0.25, -0.2) is 0 Å². The van der Waals surface area contributed by atoms with Gasteiger partial charge in [0, 0.05) is 10.6 Å². The summed E-state index contributed by atoms with van der Waals surface area (Å²) in [4.78, 5) is 37.0. The Morgan fingerprint density at radius 2 is 1.73 bits per heavy atom. The largest absolute Gasteiger partial charge is 0.481 e. The molecule has 0 fully saturated rings. The van der Waals surface area contributed by atoms with E-state index in [4.69, 9.17) is 11.6 Å². The van der Waals surface area contributed by atoms with Crippen LogP contribution in [0.5, 0.6) is 0 Å². The maximum Gasteiger partial charge on any atom is 0.307 e. The van der Waals surface area contributed by atoms with Crippen LogP contribution < -0.4 is 10.6 Å².